The van der Waals surface area contributed by atoms with E-state index in [1.54, 1.807) is 17.5 Å². The van der Waals surface area contributed by atoms with Crippen LogP contribution in [-0.2, 0) is 4.79 Å². The van der Waals surface area contributed by atoms with Crippen molar-refractivity contribution in [3.8, 4) is 27.7 Å². The molecule has 0 saturated carbocycles. The predicted molar refractivity (Wildman–Crippen MR) is 130 cm³/mol. The first kappa shape index (κ1) is 21.7. The van der Waals surface area contributed by atoms with E-state index >= 15 is 0 Å². The Morgan fingerprint density at radius 3 is 2.59 bits per heavy atom. The third kappa shape index (κ3) is 5.39. The van der Waals surface area contributed by atoms with Crippen LogP contribution in [0.1, 0.15) is 24.0 Å². The molecular formula is C26H25N3O2S. The van der Waals surface area contributed by atoms with E-state index in [0.29, 0.717) is 19.4 Å². The number of hydrogen-bond acceptors (Lipinski definition) is 5. The van der Waals surface area contributed by atoms with Gasteiger partial charge in [-0.3, -0.25) is 9.78 Å². The summed E-state index contributed by atoms with van der Waals surface area (Å²) in [6.07, 6.45) is 2.81. The lowest BCUT2D eigenvalue weighted by Gasteiger charge is -2.12. The van der Waals surface area contributed by atoms with Gasteiger partial charge in [0.2, 0.25) is 5.91 Å². The van der Waals surface area contributed by atoms with Crippen LogP contribution in [0.5, 0.6) is 5.75 Å². The summed E-state index contributed by atoms with van der Waals surface area (Å²) >= 11 is 1.56. The fourth-order valence-corrected chi connectivity index (χ4v) is 4.23. The lowest BCUT2D eigenvalue weighted by Crippen LogP contribution is -2.13. The maximum Gasteiger partial charge on any atom is 0.224 e. The molecule has 0 unspecified atom stereocenters. The second-order valence-corrected chi connectivity index (χ2v) is 8.41. The number of nitrogens with zero attached hydrogens (tertiary/aromatic N) is 2. The Morgan fingerprint density at radius 2 is 1.81 bits per heavy atom. The molecule has 0 spiro atoms. The Balaban J connectivity index is 1.32. The minimum absolute atomic E-state index is 0.0280. The van der Waals surface area contributed by atoms with Crippen LogP contribution in [0.15, 0.2) is 72.2 Å². The van der Waals surface area contributed by atoms with Crippen molar-refractivity contribution in [2.45, 2.75) is 26.7 Å². The fraction of sp³-hybridized carbons (Fsp3) is 0.192. The van der Waals surface area contributed by atoms with Gasteiger partial charge in [-0.15, -0.1) is 11.3 Å². The molecule has 0 bridgehead atoms. The van der Waals surface area contributed by atoms with Gasteiger partial charge in [0.15, 0.2) is 0 Å². The number of aryl methyl sites for hydroxylation is 2. The van der Waals surface area contributed by atoms with E-state index in [1.165, 1.54) is 0 Å². The smallest absolute Gasteiger partial charge is 0.224 e. The summed E-state index contributed by atoms with van der Waals surface area (Å²) < 4.78 is 5.89. The maximum absolute atomic E-state index is 12.4. The SMILES string of the molecule is Cc1cccc(C)c1OCCCC(=O)Nc1cccc(-c2csc(-c3ccccn3)n2)c1. The zero-order chi connectivity index (χ0) is 22.3. The Kier molecular flexibility index (Phi) is 6.92. The number of rotatable bonds is 8. The van der Waals surface area contributed by atoms with E-state index in [1.807, 2.05) is 79.9 Å². The van der Waals surface area contributed by atoms with Crippen molar-refractivity contribution in [1.29, 1.82) is 0 Å². The Labute approximate surface area is 192 Å². The highest BCUT2D eigenvalue weighted by Gasteiger charge is 2.09. The average molecular weight is 444 g/mol. The van der Waals surface area contributed by atoms with E-state index in [4.69, 9.17) is 9.72 Å². The zero-order valence-electron chi connectivity index (χ0n) is 18.2. The number of hydrogen-bond donors (Lipinski definition) is 1. The number of para-hydroxylation sites is 1. The second-order valence-electron chi connectivity index (χ2n) is 7.55. The Morgan fingerprint density at radius 1 is 1.00 bits per heavy atom. The molecule has 6 heteroatoms. The normalized spacial score (nSPS) is 10.7. The van der Waals surface area contributed by atoms with Crippen LogP contribution in [0, 0.1) is 13.8 Å². The van der Waals surface area contributed by atoms with E-state index < -0.39 is 0 Å². The van der Waals surface area contributed by atoms with Crippen LogP contribution >= 0.6 is 11.3 Å². The molecule has 0 radical (unpaired) electrons. The van der Waals surface area contributed by atoms with Crippen molar-refractivity contribution in [1.82, 2.24) is 9.97 Å². The number of amides is 1. The van der Waals surface area contributed by atoms with Gasteiger partial charge in [-0.1, -0.05) is 36.4 Å². The van der Waals surface area contributed by atoms with Crippen LogP contribution in [0.3, 0.4) is 0 Å². The first-order chi connectivity index (χ1) is 15.6. The van der Waals surface area contributed by atoms with Gasteiger partial charge in [0.05, 0.1) is 18.0 Å². The summed E-state index contributed by atoms with van der Waals surface area (Å²) in [4.78, 5) is 21.5. The number of ether oxygens (including phenoxy) is 1. The van der Waals surface area contributed by atoms with Gasteiger partial charge >= 0.3 is 0 Å². The molecule has 162 valence electrons. The molecule has 0 saturated heterocycles. The molecule has 2 heterocycles. The predicted octanol–water partition coefficient (Wildman–Crippen LogP) is 6.29. The molecule has 0 aliphatic rings. The molecule has 4 rings (SSSR count). The molecule has 2 aromatic heterocycles. The highest BCUT2D eigenvalue weighted by atomic mass is 32.1. The monoisotopic (exact) mass is 443 g/mol. The summed E-state index contributed by atoms with van der Waals surface area (Å²) in [7, 11) is 0. The number of carbonyl (C=O) groups excluding carboxylic acids is 1. The quantitative estimate of drug-likeness (QED) is 0.325. The average Bonchev–Trinajstić information content (AvgIpc) is 3.29. The van der Waals surface area contributed by atoms with Crippen molar-refractivity contribution in [3.05, 3.63) is 83.4 Å². The molecule has 5 nitrogen and oxygen atoms in total. The van der Waals surface area contributed by atoms with Crippen LogP contribution < -0.4 is 10.1 Å². The van der Waals surface area contributed by atoms with Crippen LogP contribution in [-0.4, -0.2) is 22.5 Å². The van der Waals surface area contributed by atoms with Gasteiger partial charge in [0.1, 0.15) is 10.8 Å². The van der Waals surface area contributed by atoms with E-state index in [9.17, 15) is 4.79 Å². The number of pyridine rings is 1. The van der Waals surface area contributed by atoms with Gasteiger partial charge in [0, 0.05) is 29.2 Å². The lowest BCUT2D eigenvalue weighted by atomic mass is 10.1. The van der Waals surface area contributed by atoms with Crippen molar-refractivity contribution in [2.24, 2.45) is 0 Å². The van der Waals surface area contributed by atoms with E-state index in [-0.39, 0.29) is 5.91 Å². The summed E-state index contributed by atoms with van der Waals surface area (Å²) in [5.41, 5.74) is 5.67. The Bertz CT molecular complexity index is 1180. The largest absolute Gasteiger partial charge is 0.493 e. The minimum Gasteiger partial charge on any atom is -0.493 e. The third-order valence-corrected chi connectivity index (χ3v) is 5.90. The van der Waals surface area contributed by atoms with Crippen LogP contribution in [0.2, 0.25) is 0 Å². The molecule has 2 aromatic carbocycles. The van der Waals surface area contributed by atoms with Crippen molar-refractivity contribution in [2.75, 3.05) is 11.9 Å². The van der Waals surface area contributed by atoms with Gasteiger partial charge in [-0.2, -0.15) is 0 Å². The van der Waals surface area contributed by atoms with E-state index in [0.717, 1.165) is 44.5 Å². The molecule has 0 aliphatic carbocycles. The molecule has 0 atom stereocenters. The number of benzene rings is 2. The van der Waals surface area contributed by atoms with Gasteiger partial charge in [-0.25, -0.2) is 4.98 Å². The van der Waals surface area contributed by atoms with Crippen LogP contribution in [0.25, 0.3) is 22.0 Å². The topological polar surface area (TPSA) is 64.1 Å². The molecule has 1 amide bonds. The summed E-state index contributed by atoms with van der Waals surface area (Å²) in [6.45, 7) is 4.57. The van der Waals surface area contributed by atoms with Gasteiger partial charge in [-0.05, 0) is 55.7 Å². The molecule has 32 heavy (non-hydrogen) atoms. The molecule has 4 aromatic rings. The number of thiazole rings is 1. The highest BCUT2D eigenvalue weighted by Crippen LogP contribution is 2.29. The van der Waals surface area contributed by atoms with Crippen molar-refractivity contribution in [3.63, 3.8) is 0 Å². The number of nitrogens with one attached hydrogen (secondary N) is 1. The molecular weight excluding hydrogens is 418 g/mol. The molecule has 0 aliphatic heterocycles. The first-order valence-electron chi connectivity index (χ1n) is 10.6. The van der Waals surface area contributed by atoms with Gasteiger partial charge < -0.3 is 10.1 Å². The minimum atomic E-state index is -0.0280. The Hall–Kier alpha value is -3.51. The summed E-state index contributed by atoms with van der Waals surface area (Å²) in [5, 5.41) is 5.86. The second kappa shape index (κ2) is 10.2. The lowest BCUT2D eigenvalue weighted by molar-refractivity contribution is -0.116. The van der Waals surface area contributed by atoms with Crippen molar-refractivity contribution < 1.29 is 9.53 Å². The maximum atomic E-state index is 12.4. The van der Waals surface area contributed by atoms with Gasteiger partial charge in [0.25, 0.3) is 0 Å². The highest BCUT2D eigenvalue weighted by molar-refractivity contribution is 7.13. The number of anilines is 1. The van der Waals surface area contributed by atoms with E-state index in [2.05, 4.69) is 10.3 Å². The zero-order valence-corrected chi connectivity index (χ0v) is 19.0. The molecule has 0 fully saturated rings. The number of carbonyl (C=O) groups is 1. The van der Waals surface area contributed by atoms with Crippen molar-refractivity contribution >= 4 is 22.9 Å². The summed E-state index contributed by atoms with van der Waals surface area (Å²) in [6, 6.07) is 19.6. The van der Waals surface area contributed by atoms with Crippen LogP contribution in [0.4, 0.5) is 5.69 Å². The molecule has 1 N–H and O–H groups in total. The standard InChI is InChI=1S/C26H25N3O2S/c1-18-8-5-9-19(2)25(18)31-15-7-13-24(30)28-21-11-6-10-20(16-21)23-17-32-26(29-23)22-12-3-4-14-27-22/h3-6,8-12,14,16-17H,7,13,15H2,1-2H3,(H,28,30). The summed E-state index contributed by atoms with van der Waals surface area (Å²) in [5.74, 6) is 0.883. The fourth-order valence-electron chi connectivity index (χ4n) is 3.43. The first-order valence-corrected chi connectivity index (χ1v) is 11.4. The third-order valence-electron chi connectivity index (χ3n) is 5.03. The number of aromatic nitrogens is 2.